The minimum Gasteiger partial charge on any atom is -0.374 e. The molecule has 0 aliphatic heterocycles. The van der Waals surface area contributed by atoms with Crippen LogP contribution < -0.4 is 0 Å². The van der Waals surface area contributed by atoms with E-state index in [9.17, 15) is 0 Å². The summed E-state index contributed by atoms with van der Waals surface area (Å²) in [6.07, 6.45) is 2.40. The summed E-state index contributed by atoms with van der Waals surface area (Å²) >= 11 is 3.51. The summed E-state index contributed by atoms with van der Waals surface area (Å²) in [5, 5.41) is 1.07. The third-order valence-corrected chi connectivity index (χ3v) is 5.09. The first-order chi connectivity index (χ1) is 11.5. The Hall–Kier alpha value is -1.12. The van der Waals surface area contributed by atoms with Crippen LogP contribution in [-0.2, 0) is 4.74 Å². The van der Waals surface area contributed by atoms with Gasteiger partial charge in [0.25, 0.3) is 0 Å². The highest BCUT2D eigenvalue weighted by Gasteiger charge is 2.33. The molecule has 0 fully saturated rings. The normalized spacial score (nSPS) is 13.2. The molecule has 0 bridgehead atoms. The van der Waals surface area contributed by atoms with Gasteiger partial charge in [-0.1, -0.05) is 83.5 Å². The zero-order valence-corrected chi connectivity index (χ0v) is 16.6. The van der Waals surface area contributed by atoms with Crippen molar-refractivity contribution in [3.8, 4) is 0 Å². The lowest BCUT2D eigenvalue weighted by molar-refractivity contribution is -0.0446. The highest BCUT2D eigenvalue weighted by atomic mass is 79.9. The summed E-state index contributed by atoms with van der Waals surface area (Å²) in [5.41, 5.74) is 2.36. The Balaban J connectivity index is 2.19. The molecule has 0 aliphatic rings. The first-order valence-corrected chi connectivity index (χ1v) is 9.96. The summed E-state index contributed by atoms with van der Waals surface area (Å²) in [7, 11) is 0. The Morgan fingerprint density at radius 3 is 1.88 bits per heavy atom. The fourth-order valence-electron chi connectivity index (χ4n) is 3.24. The van der Waals surface area contributed by atoms with Crippen LogP contribution in [0.3, 0.4) is 0 Å². The minimum absolute atomic E-state index is 0.225. The molecule has 0 aromatic heterocycles. The lowest BCUT2D eigenvalue weighted by atomic mass is 9.79. The highest BCUT2D eigenvalue weighted by Crippen LogP contribution is 2.37. The van der Waals surface area contributed by atoms with Gasteiger partial charge in [-0.3, -0.25) is 0 Å². The van der Waals surface area contributed by atoms with Gasteiger partial charge in [0.1, 0.15) is 0 Å². The molecule has 1 nitrogen and oxygen atoms in total. The van der Waals surface area contributed by atoms with Gasteiger partial charge in [0.05, 0.1) is 5.60 Å². The van der Waals surface area contributed by atoms with E-state index in [1.807, 2.05) is 0 Å². The molecule has 0 aliphatic carbocycles. The van der Waals surface area contributed by atoms with Crippen LogP contribution in [0.15, 0.2) is 60.7 Å². The second-order valence-electron chi connectivity index (χ2n) is 7.11. The van der Waals surface area contributed by atoms with E-state index in [1.54, 1.807) is 0 Å². The Bertz CT molecular complexity index is 540. The number of hydrogen-bond acceptors (Lipinski definition) is 1. The van der Waals surface area contributed by atoms with Crippen molar-refractivity contribution in [2.45, 2.75) is 45.1 Å². The molecule has 2 aromatic rings. The molecular weight excluding hydrogens is 360 g/mol. The summed E-state index contributed by atoms with van der Waals surface area (Å²) in [4.78, 5) is 0. The molecule has 2 heteroatoms. The molecule has 2 aromatic carbocycles. The molecule has 24 heavy (non-hydrogen) atoms. The van der Waals surface area contributed by atoms with E-state index in [1.165, 1.54) is 24.0 Å². The first kappa shape index (κ1) is 19.2. The maximum absolute atomic E-state index is 6.44. The lowest BCUT2D eigenvalue weighted by Gasteiger charge is -2.36. The van der Waals surface area contributed by atoms with E-state index in [0.29, 0.717) is 5.92 Å². The summed E-state index contributed by atoms with van der Waals surface area (Å²) in [5.74, 6) is 0.803. The van der Waals surface area contributed by atoms with Crippen molar-refractivity contribution in [1.82, 2.24) is 0 Å². The van der Waals surface area contributed by atoms with Crippen molar-refractivity contribution in [2.24, 2.45) is 5.92 Å². The maximum Gasteiger partial charge on any atom is 0.0735 e. The van der Waals surface area contributed by atoms with Gasteiger partial charge >= 0.3 is 0 Å². The third kappa shape index (κ3) is 5.46. The topological polar surface area (TPSA) is 9.23 Å². The molecule has 0 saturated heterocycles. The average molecular weight is 389 g/mol. The van der Waals surface area contributed by atoms with E-state index < -0.39 is 0 Å². The van der Waals surface area contributed by atoms with Crippen molar-refractivity contribution >= 4 is 15.9 Å². The second kappa shape index (κ2) is 9.39. The van der Waals surface area contributed by atoms with Crippen LogP contribution in [0.4, 0.5) is 0 Å². The first-order valence-electron chi connectivity index (χ1n) is 8.84. The molecule has 0 heterocycles. The number of alkyl halides is 1. The van der Waals surface area contributed by atoms with Crippen LogP contribution in [0.1, 0.15) is 50.7 Å². The molecule has 1 atom stereocenters. The molecule has 0 spiro atoms. The Kier molecular flexibility index (Phi) is 7.51. The van der Waals surface area contributed by atoms with Crippen LogP contribution in [0, 0.1) is 5.92 Å². The maximum atomic E-state index is 6.44. The Morgan fingerprint density at radius 2 is 1.42 bits per heavy atom. The minimum atomic E-state index is -0.259. The summed E-state index contributed by atoms with van der Waals surface area (Å²) in [6.45, 7) is 7.51. The largest absolute Gasteiger partial charge is 0.374 e. The molecule has 0 saturated carbocycles. The van der Waals surface area contributed by atoms with Crippen molar-refractivity contribution in [3.05, 3.63) is 71.8 Å². The van der Waals surface area contributed by atoms with Crippen LogP contribution >= 0.6 is 15.9 Å². The Morgan fingerprint density at radius 1 is 0.917 bits per heavy atom. The van der Waals surface area contributed by atoms with Gasteiger partial charge in [-0.15, -0.1) is 0 Å². The van der Waals surface area contributed by atoms with E-state index in [0.717, 1.165) is 11.9 Å². The monoisotopic (exact) mass is 388 g/mol. The van der Waals surface area contributed by atoms with Gasteiger partial charge in [-0.2, -0.15) is 0 Å². The fourth-order valence-corrected chi connectivity index (χ4v) is 3.56. The summed E-state index contributed by atoms with van der Waals surface area (Å²) < 4.78 is 6.44. The Labute approximate surface area is 155 Å². The predicted molar refractivity (Wildman–Crippen MR) is 107 cm³/mol. The van der Waals surface area contributed by atoms with Crippen LogP contribution in [0.5, 0.6) is 0 Å². The fraction of sp³-hybridized carbons (Fsp3) is 0.455. The third-order valence-electron chi connectivity index (χ3n) is 4.53. The zero-order valence-electron chi connectivity index (χ0n) is 15.0. The number of rotatable bonds is 9. The van der Waals surface area contributed by atoms with E-state index >= 15 is 0 Å². The van der Waals surface area contributed by atoms with Crippen molar-refractivity contribution < 1.29 is 4.74 Å². The van der Waals surface area contributed by atoms with Crippen LogP contribution in [-0.4, -0.2) is 17.5 Å². The smallest absolute Gasteiger partial charge is 0.0735 e. The van der Waals surface area contributed by atoms with Gasteiger partial charge in [0.15, 0.2) is 0 Å². The van der Waals surface area contributed by atoms with Gasteiger partial charge in [-0.25, -0.2) is 0 Å². The molecular formula is C22H29BrO. The van der Waals surface area contributed by atoms with Gasteiger partial charge in [-0.05, 0) is 43.7 Å². The second-order valence-corrected chi connectivity index (χ2v) is 7.90. The zero-order chi connectivity index (χ0) is 17.4. The van der Waals surface area contributed by atoms with E-state index in [4.69, 9.17) is 4.74 Å². The van der Waals surface area contributed by atoms with Crippen molar-refractivity contribution in [1.29, 1.82) is 0 Å². The number of ether oxygens (including phenoxy) is 1. The molecule has 2 rings (SSSR count). The SMILES string of the molecule is C[C@H](CCCBr)COC(C)(C)C(c1ccccc1)c1ccccc1. The molecule has 0 N–H and O–H groups in total. The van der Waals surface area contributed by atoms with Crippen LogP contribution in [0.25, 0.3) is 0 Å². The standard InChI is InChI=1S/C22H29BrO/c1-18(11-10-16-23)17-24-22(2,3)21(19-12-6-4-7-13-19)20-14-8-5-9-15-20/h4-9,12-15,18,21H,10-11,16-17H2,1-3H3/t18-/m1/s1. The number of hydrogen-bond donors (Lipinski definition) is 0. The highest BCUT2D eigenvalue weighted by molar-refractivity contribution is 9.09. The predicted octanol–water partition coefficient (Wildman–Crippen LogP) is 6.42. The van der Waals surface area contributed by atoms with E-state index in [-0.39, 0.29) is 11.5 Å². The van der Waals surface area contributed by atoms with Crippen LogP contribution in [0.2, 0.25) is 0 Å². The molecule has 0 amide bonds. The lowest BCUT2D eigenvalue weighted by Crippen LogP contribution is -2.35. The number of halogens is 1. The van der Waals surface area contributed by atoms with Crippen molar-refractivity contribution in [3.63, 3.8) is 0 Å². The van der Waals surface area contributed by atoms with E-state index in [2.05, 4.69) is 97.4 Å². The molecule has 0 unspecified atom stereocenters. The number of benzene rings is 2. The molecule has 0 radical (unpaired) electrons. The molecule has 130 valence electrons. The van der Waals surface area contributed by atoms with Gasteiger partial charge in [0.2, 0.25) is 0 Å². The quantitative estimate of drug-likeness (QED) is 0.450. The summed E-state index contributed by atoms with van der Waals surface area (Å²) in [6, 6.07) is 21.4. The van der Waals surface area contributed by atoms with Gasteiger partial charge < -0.3 is 4.74 Å². The van der Waals surface area contributed by atoms with Crippen molar-refractivity contribution in [2.75, 3.05) is 11.9 Å². The average Bonchev–Trinajstić information content (AvgIpc) is 2.60. The van der Waals surface area contributed by atoms with Gasteiger partial charge in [0, 0.05) is 17.9 Å².